The highest BCUT2D eigenvalue weighted by Gasteiger charge is 1.73. The molecular formula is C8H8O. The van der Waals surface area contributed by atoms with Crippen LogP contribution in [-0.4, -0.2) is 5.78 Å². The molecule has 0 spiro atoms. The van der Waals surface area contributed by atoms with Gasteiger partial charge in [-0.25, -0.2) is 0 Å². The minimum atomic E-state index is -0.0274. The summed E-state index contributed by atoms with van der Waals surface area (Å²) in [5, 5.41) is 0. The van der Waals surface area contributed by atoms with Gasteiger partial charge in [0, 0.05) is 6.08 Å². The van der Waals surface area contributed by atoms with Crippen molar-refractivity contribution in [2.45, 2.75) is 13.8 Å². The van der Waals surface area contributed by atoms with Gasteiger partial charge in [-0.2, -0.15) is 0 Å². The fraction of sp³-hybridized carbons (Fsp3) is 0.250. The van der Waals surface area contributed by atoms with Crippen LogP contribution in [0.15, 0.2) is 29.3 Å². The third-order valence-corrected chi connectivity index (χ3v) is 0.564. The van der Waals surface area contributed by atoms with Crippen molar-refractivity contribution in [1.82, 2.24) is 0 Å². The summed E-state index contributed by atoms with van der Waals surface area (Å²) in [4.78, 5) is 10.2. The lowest BCUT2D eigenvalue weighted by atomic mass is 10.4. The molecule has 0 atom stereocenters. The Balaban J connectivity index is 4.31. The van der Waals surface area contributed by atoms with E-state index in [0.717, 1.165) is 0 Å². The largest absolute Gasteiger partial charge is 0.294 e. The van der Waals surface area contributed by atoms with Crippen molar-refractivity contribution >= 4 is 5.78 Å². The second-order valence-corrected chi connectivity index (χ2v) is 1.46. The molecule has 0 aliphatic rings. The van der Waals surface area contributed by atoms with Gasteiger partial charge in [-0.15, -0.1) is 0 Å². The van der Waals surface area contributed by atoms with Crippen molar-refractivity contribution in [3.05, 3.63) is 29.3 Å². The number of hydrogen-bond acceptors (Lipinski definition) is 1. The molecule has 0 unspecified atom stereocenters. The first kappa shape index (κ1) is 7.75. The number of allylic oxidation sites excluding steroid dienone is 2. The maximum absolute atomic E-state index is 10.2. The Labute approximate surface area is 54.7 Å². The molecule has 0 amide bonds. The monoisotopic (exact) mass is 120 g/mol. The molecular weight excluding hydrogens is 112 g/mol. The lowest BCUT2D eigenvalue weighted by Gasteiger charge is -1.64. The SMILES string of the molecule is CC=C=C=C=CC(C)=O. The highest BCUT2D eigenvalue weighted by atomic mass is 16.1. The van der Waals surface area contributed by atoms with E-state index in [4.69, 9.17) is 0 Å². The van der Waals surface area contributed by atoms with Crippen LogP contribution in [0.1, 0.15) is 13.8 Å². The standard InChI is InChI=1S/C8H8O/c1-3-4-5-6-7-8(2)9/h3,7H,1-2H3. The molecule has 0 aliphatic carbocycles. The molecule has 46 valence electrons. The van der Waals surface area contributed by atoms with Gasteiger partial charge in [0.2, 0.25) is 0 Å². The average molecular weight is 120 g/mol. The molecule has 0 aliphatic heterocycles. The fourth-order valence-corrected chi connectivity index (χ4v) is 0.252. The Hall–Kier alpha value is -1.25. The van der Waals surface area contributed by atoms with Crippen LogP contribution in [-0.2, 0) is 4.79 Å². The van der Waals surface area contributed by atoms with E-state index in [-0.39, 0.29) is 5.78 Å². The van der Waals surface area contributed by atoms with Crippen LogP contribution in [0.3, 0.4) is 0 Å². The van der Waals surface area contributed by atoms with Crippen molar-refractivity contribution in [3.8, 4) is 0 Å². The molecule has 0 saturated carbocycles. The smallest absolute Gasteiger partial charge is 0.160 e. The molecule has 0 aromatic heterocycles. The van der Waals surface area contributed by atoms with Gasteiger partial charge >= 0.3 is 0 Å². The van der Waals surface area contributed by atoms with Gasteiger partial charge in [0.15, 0.2) is 5.78 Å². The minimum Gasteiger partial charge on any atom is -0.294 e. The molecule has 0 N–H and O–H groups in total. The summed E-state index contributed by atoms with van der Waals surface area (Å²) in [6.07, 6.45) is 3.01. The summed E-state index contributed by atoms with van der Waals surface area (Å²) in [6.45, 7) is 3.28. The zero-order valence-electron chi connectivity index (χ0n) is 5.56. The van der Waals surface area contributed by atoms with E-state index >= 15 is 0 Å². The average Bonchev–Trinajstić information content (AvgIpc) is 1.80. The number of ketones is 1. The van der Waals surface area contributed by atoms with Crippen molar-refractivity contribution < 1.29 is 4.79 Å². The molecule has 1 heteroatoms. The highest BCUT2D eigenvalue weighted by Crippen LogP contribution is 1.66. The Morgan fingerprint density at radius 3 is 2.56 bits per heavy atom. The van der Waals surface area contributed by atoms with Gasteiger partial charge in [0.25, 0.3) is 0 Å². The number of carbonyl (C=O) groups excluding carboxylic acids is 1. The predicted molar refractivity (Wildman–Crippen MR) is 36.0 cm³/mol. The Morgan fingerprint density at radius 1 is 1.44 bits per heavy atom. The van der Waals surface area contributed by atoms with Crippen LogP contribution in [0, 0.1) is 0 Å². The van der Waals surface area contributed by atoms with Crippen LogP contribution in [0.2, 0.25) is 0 Å². The van der Waals surface area contributed by atoms with E-state index in [0.29, 0.717) is 0 Å². The summed E-state index contributed by atoms with van der Waals surface area (Å²) in [6, 6.07) is 0. The quantitative estimate of drug-likeness (QED) is 0.379. The number of rotatable bonds is 1. The third kappa shape index (κ3) is 6.75. The molecule has 0 aromatic carbocycles. The summed E-state index contributed by atoms with van der Waals surface area (Å²) in [5.41, 5.74) is 7.69. The van der Waals surface area contributed by atoms with Crippen LogP contribution in [0.25, 0.3) is 0 Å². The van der Waals surface area contributed by atoms with E-state index in [2.05, 4.69) is 17.2 Å². The molecule has 0 heterocycles. The van der Waals surface area contributed by atoms with Crippen molar-refractivity contribution in [2.75, 3.05) is 0 Å². The Morgan fingerprint density at radius 2 is 2.11 bits per heavy atom. The maximum Gasteiger partial charge on any atom is 0.160 e. The van der Waals surface area contributed by atoms with Gasteiger partial charge in [-0.05, 0) is 25.7 Å². The molecule has 0 aromatic rings. The van der Waals surface area contributed by atoms with Crippen LogP contribution >= 0.6 is 0 Å². The summed E-state index contributed by atoms with van der Waals surface area (Å²) in [5.74, 6) is -0.0274. The van der Waals surface area contributed by atoms with Crippen molar-refractivity contribution in [2.24, 2.45) is 0 Å². The first-order valence-electron chi connectivity index (χ1n) is 2.65. The first-order valence-corrected chi connectivity index (χ1v) is 2.65. The maximum atomic E-state index is 10.2. The van der Waals surface area contributed by atoms with Crippen LogP contribution in [0.4, 0.5) is 0 Å². The molecule has 0 radical (unpaired) electrons. The van der Waals surface area contributed by atoms with Gasteiger partial charge in [0.1, 0.15) is 0 Å². The second kappa shape index (κ2) is 4.90. The topological polar surface area (TPSA) is 17.1 Å². The van der Waals surface area contributed by atoms with Gasteiger partial charge < -0.3 is 0 Å². The Bertz CT molecular complexity index is 217. The predicted octanol–water partition coefficient (Wildman–Crippen LogP) is 1.62. The summed E-state index contributed by atoms with van der Waals surface area (Å²) < 4.78 is 0. The molecule has 0 rings (SSSR count). The second-order valence-electron chi connectivity index (χ2n) is 1.46. The van der Waals surface area contributed by atoms with Crippen molar-refractivity contribution in [3.63, 3.8) is 0 Å². The summed E-state index contributed by atoms with van der Waals surface area (Å²) in [7, 11) is 0. The van der Waals surface area contributed by atoms with Gasteiger partial charge in [-0.3, -0.25) is 4.79 Å². The van der Waals surface area contributed by atoms with E-state index < -0.39 is 0 Å². The fourth-order valence-electron chi connectivity index (χ4n) is 0.252. The molecule has 9 heavy (non-hydrogen) atoms. The Kier molecular flexibility index (Phi) is 4.22. The summed E-state index contributed by atoms with van der Waals surface area (Å²) >= 11 is 0. The van der Waals surface area contributed by atoms with Crippen LogP contribution in [0.5, 0.6) is 0 Å². The lowest BCUT2D eigenvalue weighted by molar-refractivity contribution is -0.112. The molecule has 1 nitrogen and oxygen atoms in total. The third-order valence-electron chi connectivity index (χ3n) is 0.564. The highest BCUT2D eigenvalue weighted by molar-refractivity contribution is 5.86. The minimum absolute atomic E-state index is 0.0274. The van der Waals surface area contributed by atoms with E-state index in [1.807, 2.05) is 6.92 Å². The van der Waals surface area contributed by atoms with E-state index in [1.165, 1.54) is 13.0 Å². The molecule has 0 fully saturated rings. The first-order chi connectivity index (χ1) is 4.27. The number of hydrogen-bond donors (Lipinski definition) is 0. The normalized spacial score (nSPS) is 6.00. The number of carbonyl (C=O) groups is 1. The van der Waals surface area contributed by atoms with Gasteiger partial charge in [-0.1, -0.05) is 11.5 Å². The van der Waals surface area contributed by atoms with E-state index in [9.17, 15) is 4.79 Å². The zero-order chi connectivity index (χ0) is 7.11. The van der Waals surface area contributed by atoms with Gasteiger partial charge in [0.05, 0.1) is 0 Å². The lowest BCUT2D eigenvalue weighted by Crippen LogP contribution is -1.75. The van der Waals surface area contributed by atoms with E-state index in [1.54, 1.807) is 6.08 Å². The molecule has 0 bridgehead atoms. The molecule has 0 saturated heterocycles. The zero-order valence-corrected chi connectivity index (χ0v) is 5.56. The van der Waals surface area contributed by atoms with Crippen LogP contribution < -0.4 is 0 Å². The van der Waals surface area contributed by atoms with Crippen molar-refractivity contribution in [1.29, 1.82) is 0 Å².